The molecule has 1 saturated heterocycles. The molecular formula is C29H25NO5S. The number of Topliss-reactive ketones (excluding diaryl/α,β-unsaturated/α-hetero) is 1. The van der Waals surface area contributed by atoms with Crippen LogP contribution in [0.1, 0.15) is 41.7 Å². The number of imide groups is 1. The van der Waals surface area contributed by atoms with E-state index in [1.54, 1.807) is 26.0 Å². The summed E-state index contributed by atoms with van der Waals surface area (Å²) >= 11 is 1.51. The molecule has 0 spiro atoms. The Balaban J connectivity index is 1.46. The van der Waals surface area contributed by atoms with Crippen LogP contribution in [-0.4, -0.2) is 33.4 Å². The van der Waals surface area contributed by atoms with Gasteiger partial charge in [-0.05, 0) is 67.3 Å². The normalized spacial score (nSPS) is 27.6. The van der Waals surface area contributed by atoms with E-state index in [0.717, 1.165) is 16.0 Å². The SMILES string of the molecule is CC1=CC(=O)C2=C(C1=O)[C@@H](c1ccc(O)c(C)c1)C1=CC[C@@H]3C(=O)N(Cc4cccs4)C(=O)[C@@H]3[C@@H]1C2. The lowest BCUT2D eigenvalue weighted by Gasteiger charge is -2.42. The molecule has 1 aromatic heterocycles. The number of hydrogen-bond donors (Lipinski definition) is 1. The summed E-state index contributed by atoms with van der Waals surface area (Å²) in [5.74, 6) is -2.40. The van der Waals surface area contributed by atoms with Crippen molar-refractivity contribution in [1.82, 2.24) is 4.90 Å². The number of aryl methyl sites for hydroxylation is 1. The fourth-order valence-corrected chi connectivity index (χ4v) is 7.07. The van der Waals surface area contributed by atoms with Gasteiger partial charge in [-0.15, -0.1) is 11.3 Å². The number of ketones is 2. The van der Waals surface area contributed by atoms with Crippen LogP contribution < -0.4 is 0 Å². The van der Waals surface area contributed by atoms with Gasteiger partial charge in [-0.25, -0.2) is 0 Å². The van der Waals surface area contributed by atoms with Crippen molar-refractivity contribution in [2.45, 2.75) is 39.2 Å². The molecule has 7 heteroatoms. The van der Waals surface area contributed by atoms with Crippen molar-refractivity contribution in [3.63, 3.8) is 0 Å². The van der Waals surface area contributed by atoms with E-state index < -0.39 is 17.8 Å². The number of allylic oxidation sites excluding steroid dienone is 6. The number of rotatable bonds is 3. The number of phenols is 1. The van der Waals surface area contributed by atoms with Gasteiger partial charge in [0.15, 0.2) is 11.6 Å². The molecule has 1 fully saturated rings. The number of carbonyl (C=O) groups excluding carboxylic acids is 4. The Kier molecular flexibility index (Phi) is 5.23. The monoisotopic (exact) mass is 499 g/mol. The minimum absolute atomic E-state index is 0.154. The Morgan fingerprint density at radius 1 is 1.06 bits per heavy atom. The fraction of sp³-hybridized carbons (Fsp3) is 0.310. The van der Waals surface area contributed by atoms with Gasteiger partial charge in [0.05, 0.1) is 18.4 Å². The van der Waals surface area contributed by atoms with Crippen LogP contribution in [0, 0.1) is 24.7 Å². The standard InChI is InChI=1S/C29H25NO5S/c1-14-10-16(5-8-22(14)31)24-18-6-7-19-25(29(35)30(28(19)34)13-17-4-3-9-36-17)20(18)12-21-23(32)11-15(2)27(33)26(21)24/h3-6,8-11,19-20,24-25,31H,7,12-13H2,1-2H3/t19-,20+,24-,25-/m0/s1. The maximum absolute atomic E-state index is 13.7. The van der Waals surface area contributed by atoms with Gasteiger partial charge in [0, 0.05) is 27.5 Å². The molecule has 182 valence electrons. The number of carbonyl (C=O) groups is 4. The molecule has 0 unspecified atom stereocenters. The van der Waals surface area contributed by atoms with Gasteiger partial charge >= 0.3 is 0 Å². The second-order valence-electron chi connectivity index (χ2n) is 10.1. The molecule has 2 heterocycles. The van der Waals surface area contributed by atoms with Gasteiger partial charge in [-0.2, -0.15) is 0 Å². The largest absolute Gasteiger partial charge is 0.508 e. The molecule has 2 amide bonds. The molecule has 4 aliphatic rings. The lowest BCUT2D eigenvalue weighted by Crippen LogP contribution is -2.39. The quantitative estimate of drug-likeness (QED) is 0.384. The predicted molar refractivity (Wildman–Crippen MR) is 134 cm³/mol. The van der Waals surface area contributed by atoms with E-state index in [1.807, 2.05) is 29.7 Å². The minimum Gasteiger partial charge on any atom is -0.508 e. The highest BCUT2D eigenvalue weighted by Gasteiger charge is 2.56. The summed E-state index contributed by atoms with van der Waals surface area (Å²) in [5, 5.41) is 12.0. The number of thiophene rings is 1. The van der Waals surface area contributed by atoms with Gasteiger partial charge in [0.1, 0.15) is 5.75 Å². The number of phenolic OH excluding ortho intramolecular Hbond substituents is 1. The highest BCUT2D eigenvalue weighted by atomic mass is 32.1. The maximum Gasteiger partial charge on any atom is 0.234 e. The third-order valence-corrected chi connectivity index (χ3v) is 8.97. The summed E-state index contributed by atoms with van der Waals surface area (Å²) < 4.78 is 0. The average Bonchev–Trinajstić information content (AvgIpc) is 3.46. The fourth-order valence-electron chi connectivity index (χ4n) is 6.38. The lowest BCUT2D eigenvalue weighted by molar-refractivity contribution is -0.140. The third-order valence-electron chi connectivity index (χ3n) is 8.10. The summed E-state index contributed by atoms with van der Waals surface area (Å²) in [6.45, 7) is 3.71. The van der Waals surface area contributed by atoms with E-state index in [0.29, 0.717) is 28.7 Å². The number of benzene rings is 1. The highest BCUT2D eigenvalue weighted by molar-refractivity contribution is 7.09. The van der Waals surface area contributed by atoms with Crippen LogP contribution in [0.3, 0.4) is 0 Å². The highest BCUT2D eigenvalue weighted by Crippen LogP contribution is 2.55. The maximum atomic E-state index is 13.7. The van der Waals surface area contributed by atoms with Gasteiger partial charge in [0.25, 0.3) is 0 Å². The van der Waals surface area contributed by atoms with Gasteiger partial charge in [-0.1, -0.05) is 29.8 Å². The topological polar surface area (TPSA) is 91.8 Å². The Bertz CT molecular complexity index is 1440. The zero-order valence-corrected chi connectivity index (χ0v) is 20.8. The van der Waals surface area contributed by atoms with Crippen LogP contribution in [0.15, 0.2) is 70.2 Å². The van der Waals surface area contributed by atoms with Crippen molar-refractivity contribution in [2.24, 2.45) is 17.8 Å². The van der Waals surface area contributed by atoms with Crippen molar-refractivity contribution in [2.75, 3.05) is 0 Å². The Morgan fingerprint density at radius 3 is 2.58 bits per heavy atom. The van der Waals surface area contributed by atoms with Crippen LogP contribution in [-0.2, 0) is 25.7 Å². The first-order valence-electron chi connectivity index (χ1n) is 12.1. The number of fused-ring (bicyclic) bond motifs is 3. The Labute approximate surface area is 212 Å². The molecule has 3 aliphatic carbocycles. The van der Waals surface area contributed by atoms with E-state index in [1.165, 1.54) is 22.3 Å². The zero-order chi connectivity index (χ0) is 25.3. The van der Waals surface area contributed by atoms with Crippen LogP contribution in [0.2, 0.25) is 0 Å². The number of hydrogen-bond acceptors (Lipinski definition) is 6. The molecule has 36 heavy (non-hydrogen) atoms. The van der Waals surface area contributed by atoms with Gasteiger partial charge < -0.3 is 5.11 Å². The molecule has 0 saturated carbocycles. The summed E-state index contributed by atoms with van der Waals surface area (Å²) in [4.78, 5) is 55.9. The molecule has 1 N–H and O–H groups in total. The van der Waals surface area contributed by atoms with E-state index in [2.05, 4.69) is 0 Å². The van der Waals surface area contributed by atoms with E-state index >= 15 is 0 Å². The van der Waals surface area contributed by atoms with Crippen LogP contribution in [0.5, 0.6) is 5.75 Å². The number of aromatic hydroxyl groups is 1. The number of amides is 2. The molecule has 4 atom stereocenters. The molecule has 2 aromatic rings. The first-order chi connectivity index (χ1) is 17.3. The van der Waals surface area contributed by atoms with Crippen LogP contribution in [0.25, 0.3) is 0 Å². The summed E-state index contributed by atoms with van der Waals surface area (Å²) in [5.41, 5.74) is 3.72. The first-order valence-corrected chi connectivity index (χ1v) is 13.0. The van der Waals surface area contributed by atoms with Crippen molar-refractivity contribution in [3.8, 4) is 5.75 Å². The second-order valence-corrected chi connectivity index (χ2v) is 11.1. The molecule has 0 bridgehead atoms. The van der Waals surface area contributed by atoms with E-state index in [4.69, 9.17) is 0 Å². The summed E-state index contributed by atoms with van der Waals surface area (Å²) in [7, 11) is 0. The van der Waals surface area contributed by atoms with Crippen LogP contribution >= 0.6 is 11.3 Å². The second kappa shape index (κ2) is 8.23. The number of nitrogens with zero attached hydrogens (tertiary/aromatic N) is 1. The predicted octanol–water partition coefficient (Wildman–Crippen LogP) is 4.39. The van der Waals surface area contributed by atoms with Crippen molar-refractivity contribution in [1.29, 1.82) is 0 Å². The van der Waals surface area contributed by atoms with E-state index in [-0.39, 0.29) is 48.0 Å². The van der Waals surface area contributed by atoms with E-state index in [9.17, 15) is 24.3 Å². The zero-order valence-electron chi connectivity index (χ0n) is 20.0. The van der Waals surface area contributed by atoms with Gasteiger partial charge in [0.2, 0.25) is 11.8 Å². The summed E-state index contributed by atoms with van der Waals surface area (Å²) in [6.07, 6.45) is 4.11. The smallest absolute Gasteiger partial charge is 0.234 e. The Morgan fingerprint density at radius 2 is 1.86 bits per heavy atom. The lowest BCUT2D eigenvalue weighted by atomic mass is 9.59. The first kappa shape index (κ1) is 22.9. The third kappa shape index (κ3) is 3.29. The molecule has 1 aromatic carbocycles. The van der Waals surface area contributed by atoms with Crippen molar-refractivity contribution in [3.05, 3.63) is 86.2 Å². The van der Waals surface area contributed by atoms with Gasteiger partial charge in [-0.3, -0.25) is 24.1 Å². The molecule has 1 aliphatic heterocycles. The Hall–Kier alpha value is -3.58. The minimum atomic E-state index is -0.554. The van der Waals surface area contributed by atoms with Crippen molar-refractivity contribution >= 4 is 34.7 Å². The molecule has 6 nitrogen and oxygen atoms in total. The van der Waals surface area contributed by atoms with Crippen LogP contribution in [0.4, 0.5) is 0 Å². The van der Waals surface area contributed by atoms with Crippen molar-refractivity contribution < 1.29 is 24.3 Å². The average molecular weight is 500 g/mol. The summed E-state index contributed by atoms with van der Waals surface area (Å²) in [6, 6.07) is 9.04. The molecular weight excluding hydrogens is 474 g/mol. The number of likely N-dealkylation sites (tertiary alicyclic amines) is 1. The molecule has 6 rings (SSSR count). The molecule has 0 radical (unpaired) electrons.